The first-order valence-electron chi connectivity index (χ1n) is 12.3. The highest BCUT2D eigenvalue weighted by Gasteiger charge is 2.17. The molecule has 0 heterocycles. The second kappa shape index (κ2) is 10.7. The molecule has 0 aliphatic rings. The third-order valence-corrected chi connectivity index (χ3v) is 6.74. The SMILES string of the molecule is CC(C)C(C=CC(=O)C=CC(c1cccc2ccccc12)C(C)C)c1cccc2ccccc12. The van der Waals surface area contributed by atoms with Crippen molar-refractivity contribution >= 4 is 27.3 Å². The average Bonchev–Trinajstić information content (AvgIpc) is 2.84. The predicted molar refractivity (Wildman–Crippen MR) is 146 cm³/mol. The number of rotatable bonds is 8. The Labute approximate surface area is 203 Å². The van der Waals surface area contributed by atoms with Gasteiger partial charge in [0.25, 0.3) is 0 Å². The van der Waals surface area contributed by atoms with Crippen LogP contribution in [-0.4, -0.2) is 5.78 Å². The first kappa shape index (κ1) is 23.7. The van der Waals surface area contributed by atoms with Crippen LogP contribution in [0.5, 0.6) is 0 Å². The van der Waals surface area contributed by atoms with Crippen molar-refractivity contribution in [3.63, 3.8) is 0 Å². The zero-order chi connectivity index (χ0) is 24.1. The van der Waals surface area contributed by atoms with Gasteiger partial charge in [-0.25, -0.2) is 0 Å². The monoisotopic (exact) mass is 446 g/mol. The topological polar surface area (TPSA) is 17.1 Å². The number of ketones is 1. The fourth-order valence-corrected chi connectivity index (χ4v) is 4.90. The lowest BCUT2D eigenvalue weighted by molar-refractivity contribution is -0.110. The van der Waals surface area contributed by atoms with E-state index in [-0.39, 0.29) is 17.6 Å². The lowest BCUT2D eigenvalue weighted by Crippen LogP contribution is -2.06. The molecule has 0 bridgehead atoms. The summed E-state index contributed by atoms with van der Waals surface area (Å²) < 4.78 is 0. The Morgan fingerprint density at radius 3 is 1.35 bits per heavy atom. The van der Waals surface area contributed by atoms with Crippen LogP contribution in [0.3, 0.4) is 0 Å². The van der Waals surface area contributed by atoms with Crippen LogP contribution in [0.15, 0.2) is 109 Å². The van der Waals surface area contributed by atoms with E-state index in [0.29, 0.717) is 11.8 Å². The van der Waals surface area contributed by atoms with Gasteiger partial charge in [0.15, 0.2) is 5.78 Å². The number of hydrogen-bond donors (Lipinski definition) is 0. The summed E-state index contributed by atoms with van der Waals surface area (Å²) in [6.07, 6.45) is 7.68. The summed E-state index contributed by atoms with van der Waals surface area (Å²) in [4.78, 5) is 12.9. The van der Waals surface area contributed by atoms with Gasteiger partial charge in [0.05, 0.1) is 0 Å². The maximum Gasteiger partial charge on any atom is 0.178 e. The largest absolute Gasteiger partial charge is 0.290 e. The number of fused-ring (bicyclic) bond motifs is 2. The van der Waals surface area contributed by atoms with Gasteiger partial charge in [0, 0.05) is 11.8 Å². The van der Waals surface area contributed by atoms with Crippen molar-refractivity contribution < 1.29 is 4.79 Å². The second-order valence-corrected chi connectivity index (χ2v) is 9.80. The lowest BCUT2D eigenvalue weighted by Gasteiger charge is -2.20. The Bertz CT molecular complexity index is 1230. The standard InChI is InChI=1S/C33H34O/c1-23(2)28(32-17-9-13-25-11-5-7-15-30(25)32)21-19-27(34)20-22-29(24(3)4)33-18-10-14-26-12-6-8-16-31(26)33/h5-24,28-29H,1-4H3. The van der Waals surface area contributed by atoms with Gasteiger partial charge in [0.1, 0.15) is 0 Å². The molecule has 0 amide bonds. The molecular formula is C33H34O. The van der Waals surface area contributed by atoms with Crippen LogP contribution in [-0.2, 0) is 4.79 Å². The molecule has 172 valence electrons. The van der Waals surface area contributed by atoms with Crippen molar-refractivity contribution in [2.24, 2.45) is 11.8 Å². The van der Waals surface area contributed by atoms with Crippen molar-refractivity contribution in [3.05, 3.63) is 120 Å². The van der Waals surface area contributed by atoms with Crippen LogP contribution in [0.25, 0.3) is 21.5 Å². The highest BCUT2D eigenvalue weighted by molar-refractivity contribution is 5.99. The molecular weight excluding hydrogens is 412 g/mol. The van der Waals surface area contributed by atoms with Gasteiger partial charge in [-0.2, -0.15) is 0 Å². The highest BCUT2D eigenvalue weighted by Crippen LogP contribution is 2.33. The summed E-state index contributed by atoms with van der Waals surface area (Å²) >= 11 is 0. The summed E-state index contributed by atoms with van der Waals surface area (Å²) in [6, 6.07) is 29.8. The van der Waals surface area contributed by atoms with Crippen LogP contribution in [0.4, 0.5) is 0 Å². The quantitative estimate of drug-likeness (QED) is 0.247. The normalized spacial score (nSPS) is 14.1. The summed E-state index contributed by atoms with van der Waals surface area (Å²) in [6.45, 7) is 8.86. The maximum atomic E-state index is 12.9. The molecule has 1 heteroatoms. The minimum Gasteiger partial charge on any atom is -0.290 e. The van der Waals surface area contributed by atoms with Crippen LogP contribution in [0.1, 0.15) is 50.7 Å². The van der Waals surface area contributed by atoms with E-state index in [1.165, 1.54) is 32.7 Å². The van der Waals surface area contributed by atoms with Crippen molar-refractivity contribution in [3.8, 4) is 0 Å². The van der Waals surface area contributed by atoms with Gasteiger partial charge in [-0.15, -0.1) is 0 Å². The first-order chi connectivity index (χ1) is 16.5. The van der Waals surface area contributed by atoms with Crippen LogP contribution in [0.2, 0.25) is 0 Å². The molecule has 4 rings (SSSR count). The van der Waals surface area contributed by atoms with E-state index in [4.69, 9.17) is 0 Å². The van der Waals surface area contributed by atoms with E-state index < -0.39 is 0 Å². The molecule has 4 aromatic rings. The van der Waals surface area contributed by atoms with Gasteiger partial charge in [-0.3, -0.25) is 4.79 Å². The molecule has 0 saturated heterocycles. The fourth-order valence-electron chi connectivity index (χ4n) is 4.90. The van der Waals surface area contributed by atoms with E-state index in [1.807, 2.05) is 0 Å². The summed E-state index contributed by atoms with van der Waals surface area (Å²) in [5.41, 5.74) is 2.55. The molecule has 0 N–H and O–H groups in total. The predicted octanol–water partition coefficient (Wildman–Crippen LogP) is 8.85. The van der Waals surface area contributed by atoms with E-state index >= 15 is 0 Å². The second-order valence-electron chi connectivity index (χ2n) is 9.80. The van der Waals surface area contributed by atoms with Crippen molar-refractivity contribution in [2.75, 3.05) is 0 Å². The first-order valence-corrected chi connectivity index (χ1v) is 12.3. The number of benzene rings is 4. The van der Waals surface area contributed by atoms with Crippen molar-refractivity contribution in [2.45, 2.75) is 39.5 Å². The van der Waals surface area contributed by atoms with Crippen molar-refractivity contribution in [1.29, 1.82) is 0 Å². The van der Waals surface area contributed by atoms with Gasteiger partial charge in [-0.05, 0) is 56.7 Å². The summed E-state index contributed by atoms with van der Waals surface area (Å²) in [5, 5.41) is 4.99. The van der Waals surface area contributed by atoms with Gasteiger partial charge in [-0.1, -0.05) is 125 Å². The Hall–Kier alpha value is -3.45. The molecule has 0 radical (unpaired) electrons. The van der Waals surface area contributed by atoms with E-state index in [0.717, 1.165) is 0 Å². The van der Waals surface area contributed by atoms with E-state index in [2.05, 4.69) is 125 Å². The molecule has 0 aliphatic carbocycles. The van der Waals surface area contributed by atoms with Crippen LogP contribution < -0.4 is 0 Å². The molecule has 2 unspecified atom stereocenters. The Kier molecular flexibility index (Phi) is 7.43. The fraction of sp³-hybridized carbons (Fsp3) is 0.242. The summed E-state index contributed by atoms with van der Waals surface area (Å²) in [5.74, 6) is 1.18. The molecule has 4 aromatic carbocycles. The average molecular weight is 447 g/mol. The maximum absolute atomic E-state index is 12.9. The van der Waals surface area contributed by atoms with Crippen molar-refractivity contribution in [1.82, 2.24) is 0 Å². The van der Waals surface area contributed by atoms with Crippen LogP contribution in [0, 0.1) is 11.8 Å². The number of allylic oxidation sites excluding steroid dienone is 4. The molecule has 0 fully saturated rings. The van der Waals surface area contributed by atoms with E-state index in [9.17, 15) is 4.79 Å². The molecule has 0 spiro atoms. The third kappa shape index (κ3) is 5.20. The molecule has 0 saturated carbocycles. The van der Waals surface area contributed by atoms with E-state index in [1.54, 1.807) is 12.2 Å². The van der Waals surface area contributed by atoms with Gasteiger partial charge in [0.2, 0.25) is 0 Å². The number of carbonyl (C=O) groups excluding carboxylic acids is 1. The van der Waals surface area contributed by atoms with Gasteiger partial charge < -0.3 is 0 Å². The number of hydrogen-bond acceptors (Lipinski definition) is 1. The molecule has 0 aliphatic heterocycles. The third-order valence-electron chi connectivity index (χ3n) is 6.74. The minimum absolute atomic E-state index is 0.0387. The summed E-state index contributed by atoms with van der Waals surface area (Å²) in [7, 11) is 0. The zero-order valence-corrected chi connectivity index (χ0v) is 20.6. The smallest absolute Gasteiger partial charge is 0.178 e. The lowest BCUT2D eigenvalue weighted by atomic mass is 9.84. The molecule has 0 aromatic heterocycles. The Morgan fingerprint density at radius 2 is 0.941 bits per heavy atom. The minimum atomic E-state index is 0.0387. The molecule has 1 nitrogen and oxygen atoms in total. The molecule has 34 heavy (non-hydrogen) atoms. The zero-order valence-electron chi connectivity index (χ0n) is 20.6. The molecule has 2 atom stereocenters. The Morgan fingerprint density at radius 1 is 0.559 bits per heavy atom. The van der Waals surface area contributed by atoms with Gasteiger partial charge >= 0.3 is 0 Å². The van der Waals surface area contributed by atoms with Crippen LogP contribution >= 0.6 is 0 Å². The Balaban J connectivity index is 1.59. The number of carbonyl (C=O) groups is 1. The highest BCUT2D eigenvalue weighted by atomic mass is 16.1.